The molecule has 1 atom stereocenters. The highest BCUT2D eigenvalue weighted by Crippen LogP contribution is 2.42. The number of hydrogen-bond donors (Lipinski definition) is 2. The molecule has 0 saturated heterocycles. The lowest BCUT2D eigenvalue weighted by Gasteiger charge is -2.36. The number of aromatic nitrogens is 1. The maximum atomic E-state index is 12.9. The third-order valence-corrected chi connectivity index (χ3v) is 8.89. The second kappa shape index (κ2) is 11.0. The van der Waals surface area contributed by atoms with Crippen molar-refractivity contribution in [3.05, 3.63) is 35.0 Å². The van der Waals surface area contributed by atoms with Gasteiger partial charge in [-0.3, -0.25) is 4.79 Å². The molecule has 178 valence electrons. The van der Waals surface area contributed by atoms with Crippen LogP contribution in [0.4, 0.5) is 0 Å². The Bertz CT molecular complexity index is 899. The first kappa shape index (κ1) is 25.0. The number of aromatic amines is 1. The molecule has 0 fully saturated rings. The lowest BCUT2D eigenvalue weighted by molar-refractivity contribution is -0.132. The summed E-state index contributed by atoms with van der Waals surface area (Å²) in [5, 5.41) is 4.47. The topological polar surface area (TPSA) is 54.1 Å². The number of H-pyrrole nitrogens is 1. The molecular formula is C27H44N2O2Si. The molecule has 5 heteroatoms. The minimum Gasteiger partial charge on any atom is -0.368 e. The van der Waals surface area contributed by atoms with Crippen molar-refractivity contribution in [1.82, 2.24) is 10.3 Å². The van der Waals surface area contributed by atoms with Gasteiger partial charge in [-0.2, -0.15) is 0 Å². The van der Waals surface area contributed by atoms with Gasteiger partial charge in [0.25, 0.3) is 0 Å². The minimum absolute atomic E-state index is 0.104. The standard InChI is InChI=1S/C27H44N2O2Si/c1-6-21-14-13-15-22-23-16-18-31-27(7-2,26(23)29-25(21)22)20-24(30)28-17-11-9-8-10-12-19-32(3,4)5/h13-15,29H,6-12,16-20H2,1-5H3,(H,28,30). The van der Waals surface area contributed by atoms with Crippen LogP contribution in [0.1, 0.15) is 75.6 Å². The Hall–Kier alpha value is -1.59. The molecule has 2 N–H and O–H groups in total. The fourth-order valence-electron chi connectivity index (χ4n) is 5.10. The number of amides is 1. The highest BCUT2D eigenvalue weighted by molar-refractivity contribution is 6.76. The fourth-order valence-corrected chi connectivity index (χ4v) is 6.41. The predicted molar refractivity (Wildman–Crippen MR) is 138 cm³/mol. The van der Waals surface area contributed by atoms with Crippen molar-refractivity contribution in [3.8, 4) is 0 Å². The zero-order valence-electron chi connectivity index (χ0n) is 21.0. The van der Waals surface area contributed by atoms with Gasteiger partial charge in [0.1, 0.15) is 5.60 Å². The second-order valence-electron chi connectivity index (χ2n) is 10.7. The number of hydrogen-bond acceptors (Lipinski definition) is 2. The van der Waals surface area contributed by atoms with Gasteiger partial charge in [0.15, 0.2) is 0 Å². The van der Waals surface area contributed by atoms with E-state index < -0.39 is 13.7 Å². The number of benzene rings is 1. The largest absolute Gasteiger partial charge is 0.368 e. The van der Waals surface area contributed by atoms with E-state index in [0.717, 1.165) is 37.9 Å². The molecule has 0 saturated carbocycles. The van der Waals surface area contributed by atoms with Gasteiger partial charge in [0.2, 0.25) is 5.91 Å². The third-order valence-electron chi connectivity index (χ3n) is 7.04. The van der Waals surface area contributed by atoms with Crippen LogP contribution < -0.4 is 5.32 Å². The average molecular weight is 457 g/mol. The minimum atomic E-state index is -0.893. The van der Waals surface area contributed by atoms with Crippen LogP contribution in [-0.2, 0) is 28.0 Å². The molecule has 32 heavy (non-hydrogen) atoms. The first-order valence-corrected chi connectivity index (χ1v) is 16.5. The average Bonchev–Trinajstić information content (AvgIpc) is 3.15. The van der Waals surface area contributed by atoms with Crippen LogP contribution >= 0.6 is 0 Å². The monoisotopic (exact) mass is 456 g/mol. The molecular weight excluding hydrogens is 412 g/mol. The molecule has 1 aliphatic rings. The number of fused-ring (bicyclic) bond motifs is 3. The highest BCUT2D eigenvalue weighted by atomic mass is 28.3. The zero-order valence-corrected chi connectivity index (χ0v) is 22.0. The Labute approximate surface area is 195 Å². The van der Waals surface area contributed by atoms with E-state index in [-0.39, 0.29) is 5.91 Å². The van der Waals surface area contributed by atoms with Gasteiger partial charge in [-0.15, -0.1) is 0 Å². The summed E-state index contributed by atoms with van der Waals surface area (Å²) in [6.07, 6.45) is 9.32. The summed E-state index contributed by atoms with van der Waals surface area (Å²) in [5.41, 5.74) is 4.47. The van der Waals surface area contributed by atoms with Crippen LogP contribution in [0.3, 0.4) is 0 Å². The van der Waals surface area contributed by atoms with Gasteiger partial charge in [0, 0.05) is 25.5 Å². The van der Waals surface area contributed by atoms with E-state index in [9.17, 15) is 4.79 Å². The van der Waals surface area contributed by atoms with Crippen molar-refractivity contribution in [2.75, 3.05) is 13.2 Å². The Kier molecular flexibility index (Phi) is 8.62. The lowest BCUT2D eigenvalue weighted by Crippen LogP contribution is -2.40. The normalized spacial score (nSPS) is 18.7. The van der Waals surface area contributed by atoms with E-state index in [1.807, 2.05) is 0 Å². The maximum Gasteiger partial charge on any atom is 0.223 e. The zero-order chi connectivity index (χ0) is 23.2. The van der Waals surface area contributed by atoms with Crippen LogP contribution in [0.2, 0.25) is 25.7 Å². The molecule has 1 unspecified atom stereocenters. The summed E-state index contributed by atoms with van der Waals surface area (Å²) in [5.74, 6) is 0.104. The molecule has 0 spiro atoms. The maximum absolute atomic E-state index is 12.9. The number of rotatable bonds is 12. The summed E-state index contributed by atoms with van der Waals surface area (Å²) in [6.45, 7) is 13.1. The first-order chi connectivity index (χ1) is 15.3. The number of para-hydroxylation sites is 1. The Balaban J connectivity index is 1.55. The van der Waals surface area contributed by atoms with Gasteiger partial charge in [0.05, 0.1) is 18.7 Å². The quantitative estimate of drug-likeness (QED) is 0.276. The van der Waals surface area contributed by atoms with Crippen LogP contribution in [0.15, 0.2) is 18.2 Å². The first-order valence-electron chi connectivity index (χ1n) is 12.8. The smallest absolute Gasteiger partial charge is 0.223 e. The molecule has 2 aromatic rings. The predicted octanol–water partition coefficient (Wildman–Crippen LogP) is 6.70. The second-order valence-corrected chi connectivity index (χ2v) is 16.3. The van der Waals surface area contributed by atoms with Gasteiger partial charge in [-0.05, 0) is 36.8 Å². The van der Waals surface area contributed by atoms with Crippen molar-refractivity contribution >= 4 is 24.9 Å². The van der Waals surface area contributed by atoms with Crippen molar-refractivity contribution in [1.29, 1.82) is 0 Å². The third kappa shape index (κ3) is 6.05. The lowest BCUT2D eigenvalue weighted by atomic mass is 9.86. The number of ether oxygens (including phenoxy) is 1. The van der Waals surface area contributed by atoms with E-state index in [1.54, 1.807) is 0 Å². The Morgan fingerprint density at radius 1 is 1.12 bits per heavy atom. The van der Waals surface area contributed by atoms with Crippen LogP contribution in [0.25, 0.3) is 10.9 Å². The van der Waals surface area contributed by atoms with E-state index >= 15 is 0 Å². The van der Waals surface area contributed by atoms with Gasteiger partial charge < -0.3 is 15.0 Å². The van der Waals surface area contributed by atoms with E-state index in [4.69, 9.17) is 4.74 Å². The summed E-state index contributed by atoms with van der Waals surface area (Å²) in [7, 11) is -0.893. The molecule has 1 aliphatic heterocycles. The molecule has 2 heterocycles. The molecule has 0 aliphatic carbocycles. The van der Waals surface area contributed by atoms with E-state index in [0.29, 0.717) is 13.0 Å². The highest BCUT2D eigenvalue weighted by Gasteiger charge is 2.40. The SMILES string of the molecule is CCc1cccc2c3c([nH]c12)C(CC)(CC(=O)NCCCCCCC[Si](C)(C)C)OCC3. The van der Waals surface area contributed by atoms with E-state index in [1.165, 1.54) is 53.8 Å². The van der Waals surface area contributed by atoms with Gasteiger partial charge in [-0.1, -0.05) is 83.4 Å². The molecule has 0 radical (unpaired) electrons. The van der Waals surface area contributed by atoms with Crippen molar-refractivity contribution in [2.45, 2.75) is 103 Å². The van der Waals surface area contributed by atoms with Crippen molar-refractivity contribution in [2.24, 2.45) is 0 Å². The Morgan fingerprint density at radius 2 is 1.88 bits per heavy atom. The molecule has 3 rings (SSSR count). The Morgan fingerprint density at radius 3 is 2.59 bits per heavy atom. The van der Waals surface area contributed by atoms with Gasteiger partial charge in [-0.25, -0.2) is 0 Å². The van der Waals surface area contributed by atoms with Crippen molar-refractivity contribution < 1.29 is 9.53 Å². The molecule has 1 amide bonds. The fraction of sp³-hybridized carbons (Fsp3) is 0.667. The summed E-state index contributed by atoms with van der Waals surface area (Å²) in [4.78, 5) is 16.6. The molecule has 1 aromatic heterocycles. The molecule has 4 nitrogen and oxygen atoms in total. The summed E-state index contributed by atoms with van der Waals surface area (Å²) in [6, 6.07) is 7.98. The summed E-state index contributed by atoms with van der Waals surface area (Å²) < 4.78 is 6.33. The van der Waals surface area contributed by atoms with Crippen molar-refractivity contribution in [3.63, 3.8) is 0 Å². The summed E-state index contributed by atoms with van der Waals surface area (Å²) >= 11 is 0. The number of aryl methyl sites for hydroxylation is 1. The molecule has 1 aromatic carbocycles. The van der Waals surface area contributed by atoms with Crippen LogP contribution in [0.5, 0.6) is 0 Å². The van der Waals surface area contributed by atoms with Crippen LogP contribution in [0, 0.1) is 0 Å². The van der Waals surface area contributed by atoms with Gasteiger partial charge >= 0.3 is 0 Å². The number of carbonyl (C=O) groups is 1. The number of nitrogens with one attached hydrogen (secondary N) is 2. The van der Waals surface area contributed by atoms with Crippen LogP contribution in [-0.4, -0.2) is 32.1 Å². The number of carbonyl (C=O) groups excluding carboxylic acids is 1. The molecule has 0 bridgehead atoms. The number of unbranched alkanes of at least 4 members (excludes halogenated alkanes) is 4. The van der Waals surface area contributed by atoms with E-state index in [2.05, 4.69) is 62.0 Å².